The molecule has 0 aliphatic rings. The predicted octanol–water partition coefficient (Wildman–Crippen LogP) is 4.02. The largest absolute Gasteiger partial charge is 0.493 e. The van der Waals surface area contributed by atoms with Crippen molar-refractivity contribution >= 4 is 17.5 Å². The fourth-order valence-corrected chi connectivity index (χ4v) is 2.73. The van der Waals surface area contributed by atoms with Gasteiger partial charge in [0.2, 0.25) is 5.91 Å². The molecule has 0 saturated heterocycles. The van der Waals surface area contributed by atoms with Gasteiger partial charge in [-0.05, 0) is 61.5 Å². The van der Waals surface area contributed by atoms with Crippen molar-refractivity contribution < 1.29 is 19.1 Å². The van der Waals surface area contributed by atoms with Crippen LogP contribution in [0.4, 0.5) is 5.69 Å². The van der Waals surface area contributed by atoms with Gasteiger partial charge in [0.05, 0.1) is 6.61 Å². The van der Waals surface area contributed by atoms with Gasteiger partial charge in [-0.15, -0.1) is 0 Å². The minimum atomic E-state index is -0.516. The Hall–Kier alpha value is -3.80. The highest BCUT2D eigenvalue weighted by molar-refractivity contribution is 6.04. The van der Waals surface area contributed by atoms with E-state index in [1.807, 2.05) is 37.3 Å². The third-order valence-electron chi connectivity index (χ3n) is 4.19. The Balaban J connectivity index is 1.75. The zero-order valence-corrected chi connectivity index (χ0v) is 16.1. The molecule has 0 saturated carbocycles. The van der Waals surface area contributed by atoms with Gasteiger partial charge in [-0.25, -0.2) is 0 Å². The Morgan fingerprint density at radius 2 is 1.59 bits per heavy atom. The Kier molecular flexibility index (Phi) is 6.47. The van der Waals surface area contributed by atoms with Gasteiger partial charge in [0.15, 0.2) is 0 Å². The lowest BCUT2D eigenvalue weighted by molar-refractivity contribution is 0.0998. The SMILES string of the molecule is CCOc1ccc(C(=O)Nc2ccc(C(N)=O)cc2)cc1COc1ccccc1. The van der Waals surface area contributed by atoms with Crippen LogP contribution in [0.5, 0.6) is 11.5 Å². The first-order valence-electron chi connectivity index (χ1n) is 9.21. The molecule has 0 heterocycles. The topological polar surface area (TPSA) is 90.6 Å². The van der Waals surface area contributed by atoms with Crippen LogP contribution in [0.2, 0.25) is 0 Å². The zero-order valence-electron chi connectivity index (χ0n) is 16.1. The molecule has 148 valence electrons. The number of anilines is 1. The molecule has 0 aliphatic carbocycles. The summed E-state index contributed by atoms with van der Waals surface area (Å²) in [5.74, 6) is 0.614. The van der Waals surface area contributed by atoms with Crippen LogP contribution in [0, 0.1) is 0 Å². The lowest BCUT2D eigenvalue weighted by Gasteiger charge is -2.13. The highest BCUT2D eigenvalue weighted by atomic mass is 16.5. The van der Waals surface area contributed by atoms with Gasteiger partial charge in [-0.2, -0.15) is 0 Å². The maximum Gasteiger partial charge on any atom is 0.255 e. The average molecular weight is 390 g/mol. The summed E-state index contributed by atoms with van der Waals surface area (Å²) in [6.45, 7) is 2.68. The number of primary amides is 1. The van der Waals surface area contributed by atoms with E-state index in [0.717, 1.165) is 11.3 Å². The minimum Gasteiger partial charge on any atom is -0.493 e. The third kappa shape index (κ3) is 5.35. The van der Waals surface area contributed by atoms with Gasteiger partial charge in [0.25, 0.3) is 5.91 Å². The van der Waals surface area contributed by atoms with Gasteiger partial charge in [0.1, 0.15) is 18.1 Å². The third-order valence-corrected chi connectivity index (χ3v) is 4.19. The van der Waals surface area contributed by atoms with E-state index in [-0.39, 0.29) is 12.5 Å². The second-order valence-corrected chi connectivity index (χ2v) is 6.25. The Labute approximate surface area is 169 Å². The molecule has 3 aromatic carbocycles. The van der Waals surface area contributed by atoms with Crippen molar-refractivity contribution in [2.75, 3.05) is 11.9 Å². The maximum atomic E-state index is 12.6. The Bertz CT molecular complexity index is 986. The maximum absolute atomic E-state index is 12.6. The van der Waals surface area contributed by atoms with Crippen LogP contribution in [0.3, 0.4) is 0 Å². The van der Waals surface area contributed by atoms with Crippen molar-refractivity contribution in [3.63, 3.8) is 0 Å². The summed E-state index contributed by atoms with van der Waals surface area (Å²) < 4.78 is 11.5. The summed E-state index contributed by atoms with van der Waals surface area (Å²) in [6.07, 6.45) is 0. The Morgan fingerprint density at radius 3 is 2.24 bits per heavy atom. The summed E-state index contributed by atoms with van der Waals surface area (Å²) >= 11 is 0. The molecule has 0 aromatic heterocycles. The van der Waals surface area contributed by atoms with Crippen molar-refractivity contribution in [2.24, 2.45) is 5.73 Å². The summed E-state index contributed by atoms with van der Waals surface area (Å²) in [5, 5.41) is 2.80. The van der Waals surface area contributed by atoms with Crippen LogP contribution >= 0.6 is 0 Å². The number of rotatable bonds is 8. The van der Waals surface area contributed by atoms with E-state index in [1.54, 1.807) is 42.5 Å². The average Bonchev–Trinajstić information content (AvgIpc) is 2.74. The van der Waals surface area contributed by atoms with Crippen molar-refractivity contribution in [3.05, 3.63) is 89.5 Å². The van der Waals surface area contributed by atoms with Crippen LogP contribution < -0.4 is 20.5 Å². The first kappa shape index (κ1) is 19.9. The van der Waals surface area contributed by atoms with E-state index in [4.69, 9.17) is 15.2 Å². The summed E-state index contributed by atoms with van der Waals surface area (Å²) in [6, 6.07) is 21.0. The van der Waals surface area contributed by atoms with E-state index in [2.05, 4.69) is 5.32 Å². The molecule has 2 amide bonds. The number of nitrogens with two attached hydrogens (primary N) is 1. The molecule has 0 fully saturated rings. The standard InChI is InChI=1S/C23H22N2O4/c1-2-28-21-13-10-17(14-18(21)15-29-20-6-4-3-5-7-20)23(27)25-19-11-8-16(9-12-19)22(24)26/h3-14H,2,15H2,1H3,(H2,24,26)(H,25,27). The second kappa shape index (κ2) is 9.41. The molecule has 0 unspecified atom stereocenters. The monoisotopic (exact) mass is 390 g/mol. The lowest BCUT2D eigenvalue weighted by atomic mass is 10.1. The molecule has 6 nitrogen and oxygen atoms in total. The molecule has 3 rings (SSSR count). The van der Waals surface area contributed by atoms with Crippen LogP contribution in [-0.2, 0) is 6.61 Å². The van der Waals surface area contributed by atoms with E-state index < -0.39 is 5.91 Å². The Morgan fingerprint density at radius 1 is 0.897 bits per heavy atom. The van der Waals surface area contributed by atoms with Crippen molar-refractivity contribution in [2.45, 2.75) is 13.5 Å². The molecule has 6 heteroatoms. The summed E-state index contributed by atoms with van der Waals surface area (Å²) in [7, 11) is 0. The molecular weight excluding hydrogens is 368 g/mol. The number of carbonyl (C=O) groups is 2. The van der Waals surface area contributed by atoms with Crippen molar-refractivity contribution in [3.8, 4) is 11.5 Å². The fourth-order valence-electron chi connectivity index (χ4n) is 2.73. The van der Waals surface area contributed by atoms with E-state index in [9.17, 15) is 9.59 Å². The second-order valence-electron chi connectivity index (χ2n) is 6.25. The number of hydrogen-bond donors (Lipinski definition) is 2. The number of amides is 2. The zero-order chi connectivity index (χ0) is 20.6. The lowest BCUT2D eigenvalue weighted by Crippen LogP contribution is -2.14. The quantitative estimate of drug-likeness (QED) is 0.608. The molecule has 29 heavy (non-hydrogen) atoms. The number of hydrogen-bond acceptors (Lipinski definition) is 4. The normalized spacial score (nSPS) is 10.2. The first-order chi connectivity index (χ1) is 14.1. The molecule has 0 bridgehead atoms. The summed E-state index contributed by atoms with van der Waals surface area (Å²) in [4.78, 5) is 23.8. The van der Waals surface area contributed by atoms with E-state index in [1.165, 1.54) is 0 Å². The van der Waals surface area contributed by atoms with Gasteiger partial charge < -0.3 is 20.5 Å². The number of carbonyl (C=O) groups excluding carboxylic acids is 2. The van der Waals surface area contributed by atoms with Gasteiger partial charge in [-0.1, -0.05) is 18.2 Å². The van der Waals surface area contributed by atoms with Crippen molar-refractivity contribution in [1.29, 1.82) is 0 Å². The summed E-state index contributed by atoms with van der Waals surface area (Å²) in [5.41, 5.74) is 7.42. The van der Waals surface area contributed by atoms with Crippen LogP contribution in [-0.4, -0.2) is 18.4 Å². The molecule has 0 atom stereocenters. The van der Waals surface area contributed by atoms with Gasteiger partial charge in [0, 0.05) is 22.4 Å². The van der Waals surface area contributed by atoms with Crippen molar-refractivity contribution in [1.82, 2.24) is 0 Å². The molecule has 0 aliphatic heterocycles. The highest BCUT2D eigenvalue weighted by Crippen LogP contribution is 2.23. The van der Waals surface area contributed by atoms with E-state index in [0.29, 0.717) is 29.2 Å². The minimum absolute atomic E-state index is 0.272. The molecular formula is C23H22N2O4. The van der Waals surface area contributed by atoms with Crippen LogP contribution in [0.15, 0.2) is 72.8 Å². The number of ether oxygens (including phenoxy) is 2. The number of benzene rings is 3. The van der Waals surface area contributed by atoms with Crippen LogP contribution in [0.1, 0.15) is 33.2 Å². The fraction of sp³-hybridized carbons (Fsp3) is 0.130. The van der Waals surface area contributed by atoms with Gasteiger partial charge >= 0.3 is 0 Å². The highest BCUT2D eigenvalue weighted by Gasteiger charge is 2.12. The van der Waals surface area contributed by atoms with Gasteiger partial charge in [-0.3, -0.25) is 9.59 Å². The first-order valence-corrected chi connectivity index (χ1v) is 9.21. The van der Waals surface area contributed by atoms with E-state index >= 15 is 0 Å². The molecule has 3 N–H and O–H groups in total. The molecule has 0 spiro atoms. The molecule has 0 radical (unpaired) electrons. The smallest absolute Gasteiger partial charge is 0.255 e. The van der Waals surface area contributed by atoms with Crippen LogP contribution in [0.25, 0.3) is 0 Å². The number of nitrogens with one attached hydrogen (secondary N) is 1. The number of para-hydroxylation sites is 1. The molecule has 3 aromatic rings. The predicted molar refractivity (Wildman–Crippen MR) is 111 cm³/mol.